The zero-order valence-electron chi connectivity index (χ0n) is 16.0. The van der Waals surface area contributed by atoms with E-state index in [1.54, 1.807) is 60.7 Å². The fraction of sp³-hybridized carbons (Fsp3) is 0.0952. The number of nitrogens with zero attached hydrogens (tertiary/aromatic N) is 1. The molecule has 0 aliphatic rings. The molecule has 9 heteroatoms. The number of hydrazine groups is 2. The smallest absolute Gasteiger partial charge is 0.268 e. The summed E-state index contributed by atoms with van der Waals surface area (Å²) >= 11 is 0. The molecule has 30 heavy (non-hydrogen) atoms. The van der Waals surface area contributed by atoms with Crippen LogP contribution in [0.3, 0.4) is 0 Å². The highest BCUT2D eigenvalue weighted by Gasteiger charge is 2.12. The van der Waals surface area contributed by atoms with Crippen molar-refractivity contribution in [3.05, 3.63) is 89.2 Å². The Balaban J connectivity index is 1.67. The molecule has 0 unspecified atom stereocenters. The van der Waals surface area contributed by atoms with Crippen molar-refractivity contribution in [2.24, 2.45) is 11.7 Å². The molecule has 0 atom stereocenters. The molecule has 0 radical (unpaired) electrons. The second-order valence-corrected chi connectivity index (χ2v) is 6.14. The van der Waals surface area contributed by atoms with Gasteiger partial charge >= 0.3 is 0 Å². The molecule has 3 rings (SSSR count). The molecule has 1 heterocycles. The minimum absolute atomic E-state index is 0.148. The van der Waals surface area contributed by atoms with Gasteiger partial charge in [0.25, 0.3) is 11.8 Å². The first kappa shape index (κ1) is 20.8. The molecule has 0 bridgehead atoms. The zero-order chi connectivity index (χ0) is 21.3. The van der Waals surface area contributed by atoms with Crippen LogP contribution in [-0.2, 0) is 13.2 Å². The molecular weight excluding hydrogens is 386 g/mol. The average molecular weight is 407 g/mol. The molecule has 0 spiro atoms. The Hall–Kier alpha value is -3.95. The summed E-state index contributed by atoms with van der Waals surface area (Å²) in [6.07, 6.45) is 0. The van der Waals surface area contributed by atoms with Crippen molar-refractivity contribution in [1.29, 1.82) is 0 Å². The predicted molar refractivity (Wildman–Crippen MR) is 109 cm³/mol. The molecular formula is C21H21N5O4. The summed E-state index contributed by atoms with van der Waals surface area (Å²) < 4.78 is 11.5. The number of nitrogens with one attached hydrogen (secondary N) is 2. The second kappa shape index (κ2) is 10.0. The minimum Gasteiger partial charge on any atom is -0.486 e. The van der Waals surface area contributed by atoms with E-state index in [4.69, 9.17) is 21.2 Å². The number of nitrogens with two attached hydrogens (primary N) is 2. The molecule has 0 aliphatic carbocycles. The van der Waals surface area contributed by atoms with E-state index >= 15 is 0 Å². The van der Waals surface area contributed by atoms with Crippen molar-refractivity contribution < 1.29 is 19.1 Å². The summed E-state index contributed by atoms with van der Waals surface area (Å²) in [5.41, 5.74) is 6.13. The summed E-state index contributed by atoms with van der Waals surface area (Å²) in [5, 5.41) is 0. The monoisotopic (exact) mass is 407 g/mol. The van der Waals surface area contributed by atoms with Gasteiger partial charge in [-0.3, -0.25) is 25.4 Å². The van der Waals surface area contributed by atoms with Crippen molar-refractivity contribution >= 4 is 11.8 Å². The molecule has 2 amide bonds. The van der Waals surface area contributed by atoms with Crippen LogP contribution in [0.1, 0.15) is 32.1 Å². The van der Waals surface area contributed by atoms with Gasteiger partial charge in [-0.15, -0.1) is 0 Å². The molecule has 0 saturated carbocycles. The Morgan fingerprint density at radius 3 is 1.57 bits per heavy atom. The lowest BCUT2D eigenvalue weighted by molar-refractivity contribution is 0.0941. The van der Waals surface area contributed by atoms with Gasteiger partial charge in [-0.2, -0.15) is 0 Å². The van der Waals surface area contributed by atoms with Crippen molar-refractivity contribution in [2.75, 3.05) is 0 Å². The van der Waals surface area contributed by atoms with E-state index in [-0.39, 0.29) is 13.2 Å². The number of hydrogen-bond acceptors (Lipinski definition) is 7. The maximum absolute atomic E-state index is 11.8. The van der Waals surface area contributed by atoms with Gasteiger partial charge < -0.3 is 9.47 Å². The topological polar surface area (TPSA) is 142 Å². The number of rotatable bonds is 8. The molecule has 6 N–H and O–H groups in total. The van der Waals surface area contributed by atoms with Crippen LogP contribution < -0.4 is 32.0 Å². The number of benzene rings is 2. The van der Waals surface area contributed by atoms with Gasteiger partial charge in [0.1, 0.15) is 24.7 Å². The highest BCUT2D eigenvalue weighted by molar-refractivity contribution is 5.97. The van der Waals surface area contributed by atoms with Crippen molar-refractivity contribution in [1.82, 2.24) is 15.8 Å². The van der Waals surface area contributed by atoms with E-state index < -0.39 is 11.8 Å². The number of amides is 2. The fourth-order valence-corrected chi connectivity index (χ4v) is 2.71. The number of aromatic nitrogens is 1. The van der Waals surface area contributed by atoms with Crippen LogP contribution in [0.15, 0.2) is 66.7 Å². The van der Waals surface area contributed by atoms with E-state index in [1.165, 1.54) is 0 Å². The lowest BCUT2D eigenvalue weighted by Gasteiger charge is -2.12. The summed E-state index contributed by atoms with van der Waals surface area (Å²) in [4.78, 5) is 28.2. The van der Waals surface area contributed by atoms with Crippen LogP contribution in [0.25, 0.3) is 0 Å². The van der Waals surface area contributed by atoms with Gasteiger partial charge in [0.05, 0.1) is 22.5 Å². The van der Waals surface area contributed by atoms with Crippen LogP contribution >= 0.6 is 0 Å². The molecule has 1 aromatic heterocycles. The van der Waals surface area contributed by atoms with Crippen LogP contribution in [0, 0.1) is 0 Å². The molecule has 154 valence electrons. The maximum Gasteiger partial charge on any atom is 0.268 e. The largest absolute Gasteiger partial charge is 0.486 e. The Bertz CT molecular complexity index is 962. The van der Waals surface area contributed by atoms with E-state index in [0.29, 0.717) is 34.0 Å². The first-order valence-electron chi connectivity index (χ1n) is 9.02. The predicted octanol–water partition coefficient (Wildman–Crippen LogP) is 1.45. The van der Waals surface area contributed by atoms with E-state index in [1.807, 2.05) is 6.07 Å². The van der Waals surface area contributed by atoms with Gasteiger partial charge in [-0.25, -0.2) is 11.7 Å². The summed E-state index contributed by atoms with van der Waals surface area (Å²) in [5.74, 6) is 10.3. The number of carbonyl (C=O) groups excluding carboxylic acids is 2. The van der Waals surface area contributed by atoms with Crippen molar-refractivity contribution in [3.8, 4) is 11.5 Å². The van der Waals surface area contributed by atoms with E-state index in [2.05, 4.69) is 15.8 Å². The molecule has 3 aromatic rings. The van der Waals surface area contributed by atoms with Gasteiger partial charge in [-0.05, 0) is 36.4 Å². The third kappa shape index (κ3) is 5.10. The third-order valence-corrected chi connectivity index (χ3v) is 4.14. The molecule has 0 aliphatic heterocycles. The highest BCUT2D eigenvalue weighted by atomic mass is 16.5. The van der Waals surface area contributed by atoms with Crippen molar-refractivity contribution in [3.63, 3.8) is 0 Å². The summed E-state index contributed by atoms with van der Waals surface area (Å²) in [6.45, 7) is 0.295. The Labute approximate surface area is 172 Å². The Kier molecular flexibility index (Phi) is 6.93. The highest BCUT2D eigenvalue weighted by Crippen LogP contribution is 2.20. The standard InChI is InChI=1S/C21H21N5O4/c22-25-20(27)16-8-1-3-10-18(16)29-12-14-6-5-7-15(24-14)13-30-19-11-4-2-9-17(19)21(28)26-23/h1-11H,12-13,22-23H2,(H,25,27)(H,26,28). The molecule has 9 nitrogen and oxygen atoms in total. The Morgan fingerprint density at radius 2 is 1.13 bits per heavy atom. The second-order valence-electron chi connectivity index (χ2n) is 6.14. The zero-order valence-corrected chi connectivity index (χ0v) is 16.0. The fourth-order valence-electron chi connectivity index (χ4n) is 2.71. The number of carbonyl (C=O) groups is 2. The normalized spacial score (nSPS) is 10.2. The maximum atomic E-state index is 11.8. The van der Waals surface area contributed by atoms with Gasteiger partial charge in [-0.1, -0.05) is 30.3 Å². The Morgan fingerprint density at radius 1 is 0.700 bits per heavy atom. The number of pyridine rings is 1. The van der Waals surface area contributed by atoms with E-state index in [0.717, 1.165) is 0 Å². The number of ether oxygens (including phenoxy) is 2. The number of para-hydroxylation sites is 2. The van der Waals surface area contributed by atoms with Gasteiger partial charge in [0, 0.05) is 0 Å². The summed E-state index contributed by atoms with van der Waals surface area (Å²) in [6, 6.07) is 19.0. The summed E-state index contributed by atoms with van der Waals surface area (Å²) in [7, 11) is 0. The van der Waals surface area contributed by atoms with Gasteiger partial charge in [0.15, 0.2) is 0 Å². The van der Waals surface area contributed by atoms with Crippen LogP contribution in [0.5, 0.6) is 11.5 Å². The molecule has 2 aromatic carbocycles. The van der Waals surface area contributed by atoms with E-state index in [9.17, 15) is 9.59 Å². The van der Waals surface area contributed by atoms with Crippen LogP contribution in [0.2, 0.25) is 0 Å². The van der Waals surface area contributed by atoms with Crippen LogP contribution in [0.4, 0.5) is 0 Å². The first-order chi connectivity index (χ1) is 14.6. The molecule has 0 saturated heterocycles. The lowest BCUT2D eigenvalue weighted by atomic mass is 10.2. The minimum atomic E-state index is -0.444. The number of nitrogen functional groups attached to an aromatic ring is 2. The van der Waals surface area contributed by atoms with Crippen LogP contribution in [-0.4, -0.2) is 16.8 Å². The molecule has 0 fully saturated rings. The number of hydrogen-bond donors (Lipinski definition) is 4. The first-order valence-corrected chi connectivity index (χ1v) is 9.02. The lowest BCUT2D eigenvalue weighted by Crippen LogP contribution is -2.30. The SMILES string of the molecule is NNC(=O)c1ccccc1OCc1cccc(COc2ccccc2C(=O)NN)n1. The third-order valence-electron chi connectivity index (χ3n) is 4.14. The van der Waals surface area contributed by atoms with Gasteiger partial charge in [0.2, 0.25) is 0 Å². The van der Waals surface area contributed by atoms with Crippen molar-refractivity contribution in [2.45, 2.75) is 13.2 Å². The quantitative estimate of drug-likeness (QED) is 0.251. The average Bonchev–Trinajstić information content (AvgIpc) is 2.81.